The largest absolute Gasteiger partial charge is 0.511 e. The summed E-state index contributed by atoms with van der Waals surface area (Å²) in [5, 5.41) is 9.11. The van der Waals surface area contributed by atoms with Crippen LogP contribution in [0.5, 0.6) is 5.75 Å². The minimum Gasteiger partial charge on any atom is -0.449 e. The van der Waals surface area contributed by atoms with Gasteiger partial charge in [-0.2, -0.15) is 0 Å². The summed E-state index contributed by atoms with van der Waals surface area (Å²) < 4.78 is 9.44. The average molecular weight is 531 g/mol. The summed E-state index contributed by atoms with van der Waals surface area (Å²) in [4.78, 5) is 21.1. The van der Waals surface area contributed by atoms with Crippen molar-refractivity contribution in [1.29, 1.82) is 0 Å². The van der Waals surface area contributed by atoms with E-state index in [1.54, 1.807) is 12.1 Å². The van der Waals surface area contributed by atoms with Crippen LogP contribution in [0.4, 0.5) is 4.79 Å². The smallest absolute Gasteiger partial charge is 0.449 e. The van der Waals surface area contributed by atoms with Gasteiger partial charge in [0.25, 0.3) is 0 Å². The molecule has 0 amide bonds. The topological polar surface area (TPSA) is 82.2 Å². The molecule has 0 fully saturated rings. The zero-order chi connectivity index (χ0) is 27.6. The third-order valence-electron chi connectivity index (χ3n) is 7.32. The van der Waals surface area contributed by atoms with E-state index in [1.165, 1.54) is 0 Å². The Kier molecular flexibility index (Phi) is 6.78. The van der Waals surface area contributed by atoms with Gasteiger partial charge in [-0.25, -0.2) is 14.8 Å². The van der Waals surface area contributed by atoms with Crippen LogP contribution in [0, 0.1) is 0 Å². The fourth-order valence-electron chi connectivity index (χ4n) is 5.28. The number of hydrogen-bond donors (Lipinski definition) is 1. The molecule has 4 aromatic carbocycles. The van der Waals surface area contributed by atoms with E-state index in [4.69, 9.17) is 19.8 Å². The van der Waals surface area contributed by atoms with E-state index >= 15 is 0 Å². The number of fused-ring (bicyclic) bond motifs is 2. The number of aromatic nitrogens is 4. The van der Waals surface area contributed by atoms with Gasteiger partial charge in [-0.1, -0.05) is 67.9 Å². The second-order valence-electron chi connectivity index (χ2n) is 9.97. The molecule has 7 nitrogen and oxygen atoms in total. The molecule has 0 unspecified atom stereocenters. The highest BCUT2D eigenvalue weighted by atomic mass is 16.7. The molecule has 2 heterocycles. The number of carboxylic acid groups (broad SMARTS) is 1. The first kappa shape index (κ1) is 25.4. The van der Waals surface area contributed by atoms with E-state index in [0.29, 0.717) is 12.3 Å². The molecule has 0 spiro atoms. The van der Waals surface area contributed by atoms with Gasteiger partial charge in [-0.15, -0.1) is 0 Å². The average Bonchev–Trinajstić information content (AvgIpc) is 3.49. The molecular weight excluding hydrogens is 500 g/mol. The molecule has 0 bridgehead atoms. The van der Waals surface area contributed by atoms with Crippen LogP contribution >= 0.6 is 0 Å². The van der Waals surface area contributed by atoms with Crippen molar-refractivity contribution in [2.75, 3.05) is 0 Å². The van der Waals surface area contributed by atoms with E-state index in [0.717, 1.165) is 75.2 Å². The summed E-state index contributed by atoms with van der Waals surface area (Å²) in [5.41, 5.74) is 7.96. The van der Waals surface area contributed by atoms with Crippen molar-refractivity contribution in [3.8, 4) is 28.3 Å². The predicted molar refractivity (Wildman–Crippen MR) is 158 cm³/mol. The van der Waals surface area contributed by atoms with Crippen LogP contribution in [0.1, 0.15) is 31.2 Å². The van der Waals surface area contributed by atoms with E-state index in [2.05, 4.69) is 59.5 Å². The Balaban J connectivity index is 1.37. The molecule has 0 atom stereocenters. The molecule has 6 aromatic rings. The highest BCUT2D eigenvalue weighted by Crippen LogP contribution is 2.31. The first-order valence-electron chi connectivity index (χ1n) is 13.5. The maximum atomic E-state index is 11.1. The number of nitrogens with zero attached hydrogens (tertiary/aromatic N) is 4. The lowest BCUT2D eigenvalue weighted by Crippen LogP contribution is -2.06. The van der Waals surface area contributed by atoms with Crippen LogP contribution in [0.2, 0.25) is 0 Å². The van der Waals surface area contributed by atoms with Crippen molar-refractivity contribution in [1.82, 2.24) is 19.1 Å². The Morgan fingerprint density at radius 3 is 2.35 bits per heavy atom. The highest BCUT2D eigenvalue weighted by Gasteiger charge is 2.16. The fraction of sp³-hybridized carbons (Fsp3) is 0.182. The molecule has 0 radical (unpaired) electrons. The van der Waals surface area contributed by atoms with Crippen molar-refractivity contribution < 1.29 is 14.6 Å². The maximum Gasteiger partial charge on any atom is 0.511 e. The summed E-state index contributed by atoms with van der Waals surface area (Å²) in [6.45, 7) is 2.87. The Labute approximate surface area is 232 Å². The summed E-state index contributed by atoms with van der Waals surface area (Å²) in [6, 6.07) is 29.9. The molecule has 40 heavy (non-hydrogen) atoms. The van der Waals surface area contributed by atoms with Crippen LogP contribution < -0.4 is 4.74 Å². The zero-order valence-electron chi connectivity index (χ0n) is 22.5. The molecule has 0 saturated heterocycles. The van der Waals surface area contributed by atoms with Gasteiger partial charge in [0, 0.05) is 31.1 Å². The number of rotatable bonds is 8. The monoisotopic (exact) mass is 530 g/mol. The van der Waals surface area contributed by atoms with Crippen LogP contribution in [0.25, 0.3) is 44.6 Å². The van der Waals surface area contributed by atoms with Crippen molar-refractivity contribution in [2.24, 2.45) is 7.05 Å². The minimum atomic E-state index is -1.33. The van der Waals surface area contributed by atoms with Gasteiger partial charge < -0.3 is 19.0 Å². The Morgan fingerprint density at radius 1 is 0.850 bits per heavy atom. The molecule has 0 aliphatic rings. The van der Waals surface area contributed by atoms with Crippen molar-refractivity contribution in [3.05, 3.63) is 102 Å². The van der Waals surface area contributed by atoms with Gasteiger partial charge >= 0.3 is 6.16 Å². The quantitative estimate of drug-likeness (QED) is 0.161. The highest BCUT2D eigenvalue weighted by molar-refractivity contribution is 5.85. The summed E-state index contributed by atoms with van der Waals surface area (Å²) in [6.07, 6.45) is 1.75. The maximum absolute atomic E-state index is 11.1. The summed E-state index contributed by atoms with van der Waals surface area (Å²) in [5.74, 6) is 2.32. The van der Waals surface area contributed by atoms with E-state index < -0.39 is 6.16 Å². The molecule has 2 aromatic heterocycles. The van der Waals surface area contributed by atoms with Crippen LogP contribution in [-0.2, 0) is 20.0 Å². The number of carbonyl (C=O) groups is 1. The first-order valence-corrected chi connectivity index (χ1v) is 13.5. The molecule has 200 valence electrons. The predicted octanol–water partition coefficient (Wildman–Crippen LogP) is 7.70. The van der Waals surface area contributed by atoms with E-state index in [1.807, 2.05) is 42.5 Å². The second kappa shape index (κ2) is 10.7. The number of hydrogen-bond acceptors (Lipinski definition) is 4. The standard InChI is InChI=1S/C33H30N4O3/c1-3-4-13-31-34-27-19-18-24(32-35-26-10-6-7-11-28(26)36(32)2)20-29(27)37(31)21-22-14-16-23(17-15-22)25-9-5-8-12-30(25)40-33(38)39/h5-12,14-20H,3-4,13,21H2,1-2H3,(H,38,39). The van der Waals surface area contributed by atoms with Gasteiger partial charge in [0.2, 0.25) is 0 Å². The molecular formula is C33H30N4O3. The lowest BCUT2D eigenvalue weighted by molar-refractivity contribution is 0.144. The summed E-state index contributed by atoms with van der Waals surface area (Å²) in [7, 11) is 2.06. The fourth-order valence-corrected chi connectivity index (χ4v) is 5.28. The third kappa shape index (κ3) is 4.82. The number of ether oxygens (including phenoxy) is 1. The lowest BCUT2D eigenvalue weighted by atomic mass is 10.0. The molecule has 1 N–H and O–H groups in total. The van der Waals surface area contributed by atoms with Crippen LogP contribution in [0.15, 0.2) is 91.0 Å². The number of benzene rings is 4. The van der Waals surface area contributed by atoms with Gasteiger partial charge in [0.1, 0.15) is 17.4 Å². The van der Waals surface area contributed by atoms with E-state index in [9.17, 15) is 4.79 Å². The normalized spacial score (nSPS) is 11.3. The van der Waals surface area contributed by atoms with Crippen molar-refractivity contribution >= 4 is 28.2 Å². The minimum absolute atomic E-state index is 0.319. The number of para-hydroxylation sites is 3. The lowest BCUT2D eigenvalue weighted by Gasteiger charge is -2.12. The van der Waals surface area contributed by atoms with Gasteiger partial charge in [0.15, 0.2) is 0 Å². The number of aryl methyl sites for hydroxylation is 2. The number of imidazole rings is 2. The second-order valence-corrected chi connectivity index (χ2v) is 9.97. The van der Waals surface area contributed by atoms with Crippen LogP contribution in [0.3, 0.4) is 0 Å². The SMILES string of the molecule is CCCCc1nc2ccc(-c3nc4ccccc4n3C)cc2n1Cc1ccc(-c2ccccc2OC(=O)O)cc1. The van der Waals surface area contributed by atoms with Crippen molar-refractivity contribution in [3.63, 3.8) is 0 Å². The third-order valence-corrected chi connectivity index (χ3v) is 7.32. The Hall–Kier alpha value is -4.91. The zero-order valence-corrected chi connectivity index (χ0v) is 22.5. The molecule has 0 saturated carbocycles. The Bertz CT molecular complexity index is 1830. The Morgan fingerprint density at radius 2 is 1.57 bits per heavy atom. The molecule has 0 aliphatic heterocycles. The molecule has 0 aliphatic carbocycles. The van der Waals surface area contributed by atoms with Crippen molar-refractivity contribution in [2.45, 2.75) is 32.7 Å². The molecule has 6 rings (SSSR count). The van der Waals surface area contributed by atoms with Gasteiger partial charge in [-0.3, -0.25) is 0 Å². The summed E-state index contributed by atoms with van der Waals surface area (Å²) >= 11 is 0. The van der Waals surface area contributed by atoms with Gasteiger partial charge in [0.05, 0.1) is 22.1 Å². The van der Waals surface area contributed by atoms with Gasteiger partial charge in [-0.05, 0) is 53.9 Å². The molecule has 7 heteroatoms. The van der Waals surface area contributed by atoms with E-state index in [-0.39, 0.29) is 0 Å². The number of unbranched alkanes of at least 4 members (excludes halogenated alkanes) is 1. The van der Waals surface area contributed by atoms with Crippen LogP contribution in [-0.4, -0.2) is 30.4 Å². The first-order chi connectivity index (χ1) is 19.5.